The molecule has 2 aromatic rings. The number of aliphatic imine (C=N–C) groups is 1. The van der Waals surface area contributed by atoms with Gasteiger partial charge in [-0.05, 0) is 55.5 Å². The lowest BCUT2D eigenvalue weighted by Crippen LogP contribution is -2.02. The number of rotatable bonds is 3. The van der Waals surface area contributed by atoms with Crippen LogP contribution in [0.3, 0.4) is 0 Å². The van der Waals surface area contributed by atoms with Crippen LogP contribution in [0.25, 0.3) is 0 Å². The zero-order valence-electron chi connectivity index (χ0n) is 11.5. The standard InChI is InChI=1S/C16H15Cl2N3/c1-10(19)8-16(14-7-2-11(17)9-15(14)18)21-13-5-3-12(20)4-6-13/h2-9H,19-20H2,1H3. The maximum Gasteiger partial charge on any atom is 0.0741 e. The molecule has 0 aromatic heterocycles. The van der Waals surface area contributed by atoms with Crippen molar-refractivity contribution in [3.63, 3.8) is 0 Å². The minimum Gasteiger partial charge on any atom is -0.402 e. The first-order valence-electron chi connectivity index (χ1n) is 6.29. The van der Waals surface area contributed by atoms with E-state index in [1.54, 1.807) is 37.3 Å². The van der Waals surface area contributed by atoms with Gasteiger partial charge in [-0.2, -0.15) is 0 Å². The predicted molar refractivity (Wildman–Crippen MR) is 91.5 cm³/mol. The van der Waals surface area contributed by atoms with Crippen molar-refractivity contribution >= 4 is 40.3 Å². The van der Waals surface area contributed by atoms with E-state index >= 15 is 0 Å². The lowest BCUT2D eigenvalue weighted by atomic mass is 10.1. The third-order valence-electron chi connectivity index (χ3n) is 2.71. The van der Waals surface area contributed by atoms with Gasteiger partial charge in [-0.3, -0.25) is 0 Å². The Kier molecular flexibility index (Phi) is 4.89. The van der Waals surface area contributed by atoms with Crippen LogP contribution in [0.2, 0.25) is 10.0 Å². The van der Waals surface area contributed by atoms with Gasteiger partial charge in [0.1, 0.15) is 0 Å². The van der Waals surface area contributed by atoms with Gasteiger partial charge in [0, 0.05) is 22.0 Å². The summed E-state index contributed by atoms with van der Waals surface area (Å²) in [6, 6.07) is 12.5. The van der Waals surface area contributed by atoms with Crippen LogP contribution in [0.15, 0.2) is 59.2 Å². The Morgan fingerprint density at radius 3 is 2.33 bits per heavy atom. The van der Waals surface area contributed by atoms with Crippen molar-refractivity contribution < 1.29 is 0 Å². The van der Waals surface area contributed by atoms with Gasteiger partial charge < -0.3 is 11.5 Å². The molecule has 0 amide bonds. The third-order valence-corrected chi connectivity index (χ3v) is 3.26. The van der Waals surface area contributed by atoms with Crippen molar-refractivity contribution in [1.82, 2.24) is 0 Å². The average molecular weight is 320 g/mol. The summed E-state index contributed by atoms with van der Waals surface area (Å²) in [6.07, 6.45) is 1.77. The largest absolute Gasteiger partial charge is 0.402 e. The number of nitrogens with zero attached hydrogens (tertiary/aromatic N) is 1. The quantitative estimate of drug-likeness (QED) is 0.643. The van der Waals surface area contributed by atoms with Crippen LogP contribution in [0.5, 0.6) is 0 Å². The number of anilines is 1. The molecule has 0 fully saturated rings. The summed E-state index contributed by atoms with van der Waals surface area (Å²) >= 11 is 12.2. The molecule has 0 saturated heterocycles. The highest BCUT2D eigenvalue weighted by molar-refractivity contribution is 6.37. The van der Waals surface area contributed by atoms with Crippen molar-refractivity contribution in [2.75, 3.05) is 5.73 Å². The molecule has 0 spiro atoms. The van der Waals surface area contributed by atoms with Gasteiger partial charge in [0.15, 0.2) is 0 Å². The van der Waals surface area contributed by atoms with E-state index in [4.69, 9.17) is 34.7 Å². The van der Waals surface area contributed by atoms with Crippen molar-refractivity contribution in [3.8, 4) is 0 Å². The highest BCUT2D eigenvalue weighted by Crippen LogP contribution is 2.24. The molecule has 5 heteroatoms. The molecule has 2 rings (SSSR count). The number of nitrogens with two attached hydrogens (primary N) is 2. The molecule has 0 heterocycles. The molecular formula is C16H15Cl2N3. The summed E-state index contributed by atoms with van der Waals surface area (Å²) in [7, 11) is 0. The van der Waals surface area contributed by atoms with E-state index < -0.39 is 0 Å². The number of benzene rings is 2. The molecule has 3 nitrogen and oxygen atoms in total. The van der Waals surface area contributed by atoms with Crippen LogP contribution in [-0.4, -0.2) is 5.71 Å². The Labute approximate surface area is 133 Å². The molecule has 0 unspecified atom stereocenters. The first-order chi connectivity index (χ1) is 9.95. The van der Waals surface area contributed by atoms with E-state index in [-0.39, 0.29) is 0 Å². The molecule has 0 saturated carbocycles. The van der Waals surface area contributed by atoms with Gasteiger partial charge in [-0.1, -0.05) is 23.2 Å². The number of hydrogen-bond acceptors (Lipinski definition) is 3. The molecule has 2 aromatic carbocycles. The molecule has 0 aliphatic rings. The zero-order valence-corrected chi connectivity index (χ0v) is 13.0. The van der Waals surface area contributed by atoms with Gasteiger partial charge in [0.05, 0.1) is 16.4 Å². The highest BCUT2D eigenvalue weighted by atomic mass is 35.5. The van der Waals surface area contributed by atoms with Crippen molar-refractivity contribution in [2.45, 2.75) is 6.92 Å². The van der Waals surface area contributed by atoms with Crippen LogP contribution in [-0.2, 0) is 0 Å². The molecule has 0 aliphatic carbocycles. The number of halogens is 2. The highest BCUT2D eigenvalue weighted by Gasteiger charge is 2.07. The second kappa shape index (κ2) is 6.66. The monoisotopic (exact) mass is 319 g/mol. The van der Waals surface area contributed by atoms with E-state index in [1.807, 2.05) is 18.2 Å². The van der Waals surface area contributed by atoms with Gasteiger partial charge in [-0.15, -0.1) is 0 Å². The Balaban J connectivity index is 2.53. The fourth-order valence-corrected chi connectivity index (χ4v) is 2.28. The molecule has 21 heavy (non-hydrogen) atoms. The van der Waals surface area contributed by atoms with Crippen molar-refractivity contribution in [2.24, 2.45) is 10.7 Å². The summed E-state index contributed by atoms with van der Waals surface area (Å²) in [5.74, 6) is 0. The second-order valence-electron chi connectivity index (χ2n) is 4.60. The van der Waals surface area contributed by atoms with Crippen LogP contribution in [0.4, 0.5) is 11.4 Å². The minimum absolute atomic E-state index is 0.522. The maximum absolute atomic E-state index is 6.24. The van der Waals surface area contributed by atoms with E-state index in [0.717, 1.165) is 11.3 Å². The van der Waals surface area contributed by atoms with Crippen molar-refractivity contribution in [1.29, 1.82) is 0 Å². The van der Waals surface area contributed by atoms with E-state index in [1.165, 1.54) is 0 Å². The van der Waals surface area contributed by atoms with E-state index in [0.29, 0.717) is 27.1 Å². The summed E-state index contributed by atoms with van der Waals surface area (Å²) in [5, 5.41) is 1.10. The Bertz CT molecular complexity index is 700. The SMILES string of the molecule is CC(N)=CC(=Nc1ccc(N)cc1)c1ccc(Cl)cc1Cl. The second-order valence-corrected chi connectivity index (χ2v) is 5.44. The van der Waals surface area contributed by atoms with Crippen LogP contribution in [0, 0.1) is 0 Å². The summed E-state index contributed by atoms with van der Waals surface area (Å²) in [4.78, 5) is 4.58. The van der Waals surface area contributed by atoms with E-state index in [2.05, 4.69) is 4.99 Å². The fraction of sp³-hybridized carbons (Fsp3) is 0.0625. The minimum atomic E-state index is 0.522. The first-order valence-corrected chi connectivity index (χ1v) is 7.05. The zero-order chi connectivity index (χ0) is 15.4. The number of hydrogen-bond donors (Lipinski definition) is 2. The molecule has 0 radical (unpaired) electrons. The van der Waals surface area contributed by atoms with Crippen molar-refractivity contribution in [3.05, 3.63) is 69.8 Å². The smallest absolute Gasteiger partial charge is 0.0741 e. The normalized spacial score (nSPS) is 12.5. The Hall–Kier alpha value is -1.97. The predicted octanol–water partition coefficient (Wildman–Crippen LogP) is 4.56. The van der Waals surface area contributed by atoms with Gasteiger partial charge in [0.2, 0.25) is 0 Å². The molecule has 0 aliphatic heterocycles. The summed E-state index contributed by atoms with van der Waals surface area (Å²) < 4.78 is 0. The molecule has 0 bridgehead atoms. The maximum atomic E-state index is 6.24. The lowest BCUT2D eigenvalue weighted by molar-refractivity contribution is 1.32. The van der Waals surface area contributed by atoms with Gasteiger partial charge in [0.25, 0.3) is 0 Å². The number of nitrogen functional groups attached to an aromatic ring is 1. The summed E-state index contributed by atoms with van der Waals surface area (Å²) in [6.45, 7) is 1.79. The molecular weight excluding hydrogens is 305 g/mol. The lowest BCUT2D eigenvalue weighted by Gasteiger charge is -2.07. The average Bonchev–Trinajstić information content (AvgIpc) is 2.40. The first kappa shape index (κ1) is 15.4. The summed E-state index contributed by atoms with van der Waals surface area (Å²) in [5.41, 5.74) is 15.0. The Morgan fingerprint density at radius 1 is 1.10 bits per heavy atom. The molecule has 0 atom stereocenters. The van der Waals surface area contributed by atoms with Crippen LogP contribution >= 0.6 is 23.2 Å². The van der Waals surface area contributed by atoms with Gasteiger partial charge >= 0.3 is 0 Å². The Morgan fingerprint density at radius 2 is 1.76 bits per heavy atom. The fourth-order valence-electron chi connectivity index (χ4n) is 1.77. The van der Waals surface area contributed by atoms with E-state index in [9.17, 15) is 0 Å². The topological polar surface area (TPSA) is 64.4 Å². The molecule has 4 N–H and O–H groups in total. The third kappa shape index (κ3) is 4.25. The van der Waals surface area contributed by atoms with Crippen LogP contribution in [0.1, 0.15) is 12.5 Å². The van der Waals surface area contributed by atoms with Gasteiger partial charge in [-0.25, -0.2) is 4.99 Å². The number of allylic oxidation sites excluding steroid dienone is 2. The van der Waals surface area contributed by atoms with Crippen LogP contribution < -0.4 is 11.5 Å². The molecule has 108 valence electrons.